The van der Waals surface area contributed by atoms with E-state index in [1.54, 1.807) is 17.0 Å². The minimum atomic E-state index is -0.413. The van der Waals surface area contributed by atoms with Crippen molar-refractivity contribution in [2.24, 2.45) is 11.6 Å². The number of urea groups is 1. The molecule has 24 heavy (non-hydrogen) atoms. The van der Waals surface area contributed by atoms with Gasteiger partial charge in [0.25, 0.3) is 5.91 Å². The van der Waals surface area contributed by atoms with E-state index in [4.69, 9.17) is 16.3 Å². The van der Waals surface area contributed by atoms with Crippen LogP contribution in [0.3, 0.4) is 0 Å². The van der Waals surface area contributed by atoms with Crippen molar-refractivity contribution in [1.82, 2.24) is 20.2 Å². The smallest absolute Gasteiger partial charge is 0.315 e. The number of pyridine rings is 1. The zero-order chi connectivity index (χ0) is 17.1. The van der Waals surface area contributed by atoms with Gasteiger partial charge in [0.1, 0.15) is 0 Å². The van der Waals surface area contributed by atoms with Gasteiger partial charge in [0.15, 0.2) is 0 Å². The van der Waals surface area contributed by atoms with Crippen LogP contribution in [0.25, 0.3) is 0 Å². The molecule has 0 aromatic carbocycles. The van der Waals surface area contributed by atoms with Crippen molar-refractivity contribution in [3.8, 4) is 0 Å². The number of nitrogens with one attached hydrogen (secondary N) is 1. The number of nitrogens with zero attached hydrogens (tertiary/aromatic N) is 3. The van der Waals surface area contributed by atoms with Crippen LogP contribution < -0.4 is 17.0 Å². The molecule has 5 N–H and O–H groups in total. The Morgan fingerprint density at radius 3 is 2.67 bits per heavy atom. The lowest BCUT2D eigenvalue weighted by Crippen LogP contribution is -2.62. The van der Waals surface area contributed by atoms with Crippen LogP contribution in [0.1, 0.15) is 16.1 Å². The highest BCUT2D eigenvalue weighted by Gasteiger charge is 2.35. The second-order valence-corrected chi connectivity index (χ2v) is 6.09. The molecule has 0 radical (unpaired) electrons. The maximum absolute atomic E-state index is 11.7. The van der Waals surface area contributed by atoms with Gasteiger partial charge < -0.3 is 15.4 Å². The number of amides is 3. The van der Waals surface area contributed by atoms with Gasteiger partial charge in [-0.1, -0.05) is 0 Å². The van der Waals surface area contributed by atoms with E-state index in [1.807, 2.05) is 0 Å². The Bertz CT molecular complexity index is 604. The molecule has 1 aromatic rings. The minimum absolute atomic E-state index is 0.0430. The monoisotopic (exact) mass is 334 g/mol. The van der Waals surface area contributed by atoms with Crippen LogP contribution in [0.5, 0.6) is 0 Å². The molecule has 2 saturated heterocycles. The van der Waals surface area contributed by atoms with Gasteiger partial charge in [0, 0.05) is 37.9 Å². The lowest BCUT2D eigenvalue weighted by molar-refractivity contribution is -0.0813. The number of ether oxygens (including phenoxy) is 1. The number of rotatable bonds is 4. The van der Waals surface area contributed by atoms with E-state index in [0.29, 0.717) is 24.6 Å². The lowest BCUT2D eigenvalue weighted by atomic mass is 10.0. The summed E-state index contributed by atoms with van der Waals surface area (Å²) in [5.41, 5.74) is 8.78. The molecule has 2 aliphatic rings. The van der Waals surface area contributed by atoms with Crippen LogP contribution in [-0.2, 0) is 11.2 Å². The third-order valence-electron chi connectivity index (χ3n) is 4.60. The number of hydrogen-bond acceptors (Lipinski definition) is 6. The van der Waals surface area contributed by atoms with E-state index in [1.165, 1.54) is 6.20 Å². The lowest BCUT2D eigenvalue weighted by Gasteiger charge is -2.46. The Morgan fingerprint density at radius 2 is 2.12 bits per heavy atom. The van der Waals surface area contributed by atoms with Crippen molar-refractivity contribution in [2.75, 3.05) is 32.8 Å². The molecule has 0 spiro atoms. The molecule has 2 aliphatic heterocycles. The molecule has 1 unspecified atom stereocenters. The topological polar surface area (TPSA) is 127 Å². The van der Waals surface area contributed by atoms with E-state index < -0.39 is 6.03 Å². The van der Waals surface area contributed by atoms with Crippen molar-refractivity contribution < 1.29 is 14.3 Å². The molecule has 0 saturated carbocycles. The Balaban J connectivity index is 1.69. The fourth-order valence-electron chi connectivity index (χ4n) is 3.11. The van der Waals surface area contributed by atoms with Crippen molar-refractivity contribution in [3.05, 3.63) is 29.6 Å². The number of nitrogen functional groups attached to an aromatic ring is 1. The highest BCUT2D eigenvalue weighted by molar-refractivity contribution is 5.93. The summed E-state index contributed by atoms with van der Waals surface area (Å²) in [6, 6.07) is 3.41. The summed E-state index contributed by atoms with van der Waals surface area (Å²) >= 11 is 0. The van der Waals surface area contributed by atoms with Crippen molar-refractivity contribution in [2.45, 2.75) is 18.5 Å². The molecule has 130 valence electrons. The first kappa shape index (κ1) is 16.6. The van der Waals surface area contributed by atoms with Gasteiger partial charge in [0.05, 0.1) is 30.9 Å². The average Bonchev–Trinajstić information content (AvgIpc) is 2.53. The average molecular weight is 334 g/mol. The van der Waals surface area contributed by atoms with Gasteiger partial charge in [-0.05, 0) is 12.1 Å². The molecule has 3 amide bonds. The summed E-state index contributed by atoms with van der Waals surface area (Å²) in [5.74, 6) is 4.72. The minimum Gasteiger partial charge on any atom is -0.378 e. The molecule has 1 atom stereocenters. The first-order chi connectivity index (χ1) is 11.6. The number of hydrazine groups is 1. The zero-order valence-electron chi connectivity index (χ0n) is 13.4. The summed E-state index contributed by atoms with van der Waals surface area (Å²) < 4.78 is 5.25. The molecule has 3 heterocycles. The summed E-state index contributed by atoms with van der Waals surface area (Å²) in [6.07, 6.45) is 2.06. The second kappa shape index (κ2) is 7.12. The SMILES string of the molecule is NNC(=O)c1ccc(CC2CN(C3COC3)CCN2C(N)=O)nc1. The normalized spacial score (nSPS) is 22.0. The Kier molecular flexibility index (Phi) is 4.93. The van der Waals surface area contributed by atoms with Gasteiger partial charge in [-0.15, -0.1) is 0 Å². The molecule has 9 nitrogen and oxygen atoms in total. The quantitative estimate of drug-likeness (QED) is 0.356. The predicted octanol–water partition coefficient (Wildman–Crippen LogP) is -1.31. The number of primary amides is 1. The standard InChI is InChI=1S/C15H22N6O3/c16-15(23)21-4-3-20(13-8-24-9-13)7-12(21)5-11-2-1-10(6-18-11)14(22)19-17/h1-2,6,12-13H,3-5,7-9,17H2,(H2,16,23)(H,19,22). The van der Waals surface area contributed by atoms with Gasteiger partial charge in [0.2, 0.25) is 0 Å². The van der Waals surface area contributed by atoms with E-state index in [9.17, 15) is 9.59 Å². The molecule has 1 aromatic heterocycles. The van der Waals surface area contributed by atoms with E-state index in [0.717, 1.165) is 32.0 Å². The van der Waals surface area contributed by atoms with Crippen LogP contribution in [0.15, 0.2) is 18.3 Å². The third kappa shape index (κ3) is 3.48. The number of nitrogens with two attached hydrogens (primary N) is 2. The van der Waals surface area contributed by atoms with Crippen LogP contribution >= 0.6 is 0 Å². The highest BCUT2D eigenvalue weighted by atomic mass is 16.5. The van der Waals surface area contributed by atoms with Crippen molar-refractivity contribution in [1.29, 1.82) is 0 Å². The summed E-state index contributed by atoms with van der Waals surface area (Å²) in [7, 11) is 0. The van der Waals surface area contributed by atoms with E-state index in [2.05, 4.69) is 15.3 Å². The zero-order valence-corrected chi connectivity index (χ0v) is 13.4. The number of aromatic nitrogens is 1. The molecule has 2 fully saturated rings. The first-order valence-electron chi connectivity index (χ1n) is 7.92. The summed E-state index contributed by atoms with van der Waals surface area (Å²) in [4.78, 5) is 31.5. The Hall–Kier alpha value is -2.23. The van der Waals surface area contributed by atoms with Crippen LogP contribution in [0.2, 0.25) is 0 Å². The van der Waals surface area contributed by atoms with Gasteiger partial charge >= 0.3 is 6.03 Å². The molecule has 0 aliphatic carbocycles. The fourth-order valence-corrected chi connectivity index (χ4v) is 3.11. The molecule has 3 rings (SSSR count). The molecule has 9 heteroatoms. The maximum Gasteiger partial charge on any atom is 0.315 e. The Labute approximate surface area is 139 Å². The maximum atomic E-state index is 11.7. The number of hydrogen-bond donors (Lipinski definition) is 3. The Morgan fingerprint density at radius 1 is 1.33 bits per heavy atom. The van der Waals surface area contributed by atoms with E-state index >= 15 is 0 Å². The second-order valence-electron chi connectivity index (χ2n) is 6.09. The number of carbonyl (C=O) groups is 2. The molecular formula is C15H22N6O3. The fraction of sp³-hybridized carbons (Fsp3) is 0.533. The summed E-state index contributed by atoms with van der Waals surface area (Å²) in [6.45, 7) is 3.62. The van der Waals surface area contributed by atoms with Gasteiger partial charge in [-0.3, -0.25) is 20.1 Å². The largest absolute Gasteiger partial charge is 0.378 e. The van der Waals surface area contributed by atoms with E-state index in [-0.39, 0.29) is 11.9 Å². The third-order valence-corrected chi connectivity index (χ3v) is 4.60. The van der Waals surface area contributed by atoms with Gasteiger partial charge in [-0.25, -0.2) is 10.6 Å². The molecular weight excluding hydrogens is 312 g/mol. The van der Waals surface area contributed by atoms with Crippen molar-refractivity contribution in [3.63, 3.8) is 0 Å². The predicted molar refractivity (Wildman–Crippen MR) is 85.9 cm³/mol. The number of piperazine rings is 1. The molecule has 0 bridgehead atoms. The number of carbonyl (C=O) groups excluding carboxylic acids is 2. The highest BCUT2D eigenvalue weighted by Crippen LogP contribution is 2.19. The van der Waals surface area contributed by atoms with Gasteiger partial charge in [-0.2, -0.15) is 0 Å². The summed E-state index contributed by atoms with van der Waals surface area (Å²) in [5, 5.41) is 0. The van der Waals surface area contributed by atoms with Crippen molar-refractivity contribution >= 4 is 11.9 Å². The van der Waals surface area contributed by atoms with Crippen LogP contribution in [-0.4, -0.2) is 71.7 Å². The van der Waals surface area contributed by atoms with Crippen LogP contribution in [0, 0.1) is 0 Å². The first-order valence-corrected chi connectivity index (χ1v) is 7.92. The van der Waals surface area contributed by atoms with Crippen LogP contribution in [0.4, 0.5) is 4.79 Å².